The quantitative estimate of drug-likeness (QED) is 0.640. The van der Waals surface area contributed by atoms with Gasteiger partial charge in [0.1, 0.15) is 6.04 Å². The number of carboxylic acid groups (broad SMARTS) is 1. The number of hydrogen-bond donors (Lipinski definition) is 2. The molecule has 1 atom stereocenters. The number of rotatable bonds is 5. The van der Waals surface area contributed by atoms with Gasteiger partial charge in [0.2, 0.25) is 0 Å². The van der Waals surface area contributed by atoms with Crippen LogP contribution in [0.4, 0.5) is 0 Å². The van der Waals surface area contributed by atoms with Gasteiger partial charge in [-0.25, -0.2) is 0 Å². The molecule has 1 rings (SSSR count). The zero-order valence-corrected chi connectivity index (χ0v) is 11.6. The predicted molar refractivity (Wildman–Crippen MR) is 65.5 cm³/mol. The van der Waals surface area contributed by atoms with Crippen molar-refractivity contribution in [1.82, 2.24) is 9.03 Å². The second-order valence-corrected chi connectivity index (χ2v) is 6.08. The third-order valence-corrected chi connectivity index (χ3v) is 4.72. The molecule has 1 heterocycles. The summed E-state index contributed by atoms with van der Waals surface area (Å²) in [6.07, 6.45) is 0.740. The highest BCUT2D eigenvalue weighted by atomic mass is 32.2. The number of methoxy groups -OCH3 is 1. The number of piperidine rings is 1. The summed E-state index contributed by atoms with van der Waals surface area (Å²) in [6, 6.07) is -1.19. The van der Waals surface area contributed by atoms with Crippen molar-refractivity contribution in [3.05, 3.63) is 0 Å². The van der Waals surface area contributed by atoms with Crippen molar-refractivity contribution in [2.75, 3.05) is 20.2 Å². The van der Waals surface area contributed by atoms with Gasteiger partial charge in [0.25, 0.3) is 10.2 Å². The summed E-state index contributed by atoms with van der Waals surface area (Å²) in [6.45, 7) is 1.59. The summed E-state index contributed by atoms with van der Waals surface area (Å²) in [4.78, 5) is 21.9. The molecule has 1 unspecified atom stereocenters. The average Bonchev–Trinajstić information content (AvgIpc) is 2.37. The summed E-state index contributed by atoms with van der Waals surface area (Å²) >= 11 is 0. The first-order valence-electron chi connectivity index (χ1n) is 5.86. The number of nitrogens with zero attached hydrogens (tertiary/aromatic N) is 1. The summed E-state index contributed by atoms with van der Waals surface area (Å²) in [5, 5.41) is 8.68. The van der Waals surface area contributed by atoms with Crippen LogP contribution in [0.15, 0.2) is 0 Å². The Balaban J connectivity index is 2.59. The first-order valence-corrected chi connectivity index (χ1v) is 7.30. The molecule has 0 aromatic carbocycles. The van der Waals surface area contributed by atoms with Gasteiger partial charge in [-0.15, -0.1) is 0 Å². The van der Waals surface area contributed by atoms with Crippen molar-refractivity contribution >= 4 is 22.1 Å². The highest BCUT2D eigenvalue weighted by Crippen LogP contribution is 2.20. The first kappa shape index (κ1) is 15.9. The van der Waals surface area contributed by atoms with Crippen molar-refractivity contribution in [2.24, 2.45) is 5.92 Å². The summed E-state index contributed by atoms with van der Waals surface area (Å²) < 4.78 is 31.6. The monoisotopic (exact) mass is 294 g/mol. The lowest BCUT2D eigenvalue weighted by molar-refractivity contribution is -0.146. The highest BCUT2D eigenvalue weighted by molar-refractivity contribution is 7.87. The lowest BCUT2D eigenvalue weighted by Crippen LogP contribution is -2.50. The lowest BCUT2D eigenvalue weighted by atomic mass is 9.99. The van der Waals surface area contributed by atoms with Crippen LogP contribution >= 0.6 is 0 Å². The number of carboxylic acids is 1. The van der Waals surface area contributed by atoms with E-state index < -0.39 is 22.2 Å². The van der Waals surface area contributed by atoms with Gasteiger partial charge in [-0.2, -0.15) is 17.4 Å². The van der Waals surface area contributed by atoms with Crippen LogP contribution in [0.5, 0.6) is 0 Å². The molecule has 9 heteroatoms. The molecule has 0 aromatic rings. The molecule has 1 aliphatic rings. The van der Waals surface area contributed by atoms with Gasteiger partial charge in [0, 0.05) is 13.1 Å². The van der Waals surface area contributed by atoms with Crippen molar-refractivity contribution < 1.29 is 27.9 Å². The van der Waals surface area contributed by atoms with E-state index >= 15 is 0 Å². The number of nitrogens with one attached hydrogen (secondary N) is 1. The molecule has 8 nitrogen and oxygen atoms in total. The standard InChI is InChI=1S/C10H18N2O6S/c1-7(9(13)14)11-19(16,17)12-5-3-8(4-6-12)10(15)18-2/h7-8,11H,3-6H2,1-2H3,(H,13,14). The van der Waals surface area contributed by atoms with Crippen LogP contribution in [0.1, 0.15) is 19.8 Å². The Kier molecular flexibility index (Phi) is 5.27. The number of aliphatic carboxylic acids is 1. The van der Waals surface area contributed by atoms with Crippen LogP contribution in [0.3, 0.4) is 0 Å². The Morgan fingerprint density at radius 3 is 2.32 bits per heavy atom. The molecule has 110 valence electrons. The minimum atomic E-state index is -3.83. The zero-order valence-electron chi connectivity index (χ0n) is 10.8. The molecule has 0 aromatic heterocycles. The Labute approximate surface area is 111 Å². The van der Waals surface area contributed by atoms with Gasteiger partial charge in [0.15, 0.2) is 0 Å². The van der Waals surface area contributed by atoms with Crippen molar-refractivity contribution in [1.29, 1.82) is 0 Å². The van der Waals surface area contributed by atoms with Crippen molar-refractivity contribution in [2.45, 2.75) is 25.8 Å². The zero-order chi connectivity index (χ0) is 14.6. The number of carbonyl (C=O) groups is 2. The fraction of sp³-hybridized carbons (Fsp3) is 0.800. The van der Waals surface area contributed by atoms with Gasteiger partial charge in [-0.3, -0.25) is 9.59 Å². The Morgan fingerprint density at radius 2 is 1.89 bits per heavy atom. The number of hydrogen-bond acceptors (Lipinski definition) is 5. The first-order chi connectivity index (χ1) is 8.77. The van der Waals surface area contributed by atoms with Crippen LogP contribution in [0, 0.1) is 5.92 Å². The predicted octanol–water partition coefficient (Wildman–Crippen LogP) is -0.821. The van der Waals surface area contributed by atoms with Crippen molar-refractivity contribution in [3.63, 3.8) is 0 Å². The van der Waals surface area contributed by atoms with E-state index in [2.05, 4.69) is 9.46 Å². The molecule has 0 spiro atoms. The van der Waals surface area contributed by atoms with Crippen molar-refractivity contribution in [3.8, 4) is 0 Å². The molecular weight excluding hydrogens is 276 g/mol. The van der Waals surface area contributed by atoms with Gasteiger partial charge < -0.3 is 9.84 Å². The molecule has 2 N–H and O–H groups in total. The molecule has 1 fully saturated rings. The molecule has 0 amide bonds. The molecule has 0 aliphatic carbocycles. The van der Waals surface area contributed by atoms with E-state index in [-0.39, 0.29) is 25.0 Å². The molecule has 0 saturated carbocycles. The second kappa shape index (κ2) is 6.31. The smallest absolute Gasteiger partial charge is 0.321 e. The lowest BCUT2D eigenvalue weighted by Gasteiger charge is -2.30. The summed E-state index contributed by atoms with van der Waals surface area (Å²) in [5.74, 6) is -1.88. The fourth-order valence-corrected chi connectivity index (χ4v) is 3.24. The number of esters is 1. The van der Waals surface area contributed by atoms with E-state index in [1.165, 1.54) is 14.0 Å². The molecular formula is C10H18N2O6S. The van der Waals surface area contributed by atoms with E-state index in [4.69, 9.17) is 5.11 Å². The minimum Gasteiger partial charge on any atom is -0.480 e. The molecule has 19 heavy (non-hydrogen) atoms. The van der Waals surface area contributed by atoms with Gasteiger partial charge in [0.05, 0.1) is 13.0 Å². The van der Waals surface area contributed by atoms with Gasteiger partial charge >= 0.3 is 11.9 Å². The number of carbonyl (C=O) groups excluding carboxylic acids is 1. The van der Waals surface area contributed by atoms with Gasteiger partial charge in [-0.1, -0.05) is 0 Å². The van der Waals surface area contributed by atoms with Crippen LogP contribution in [0.25, 0.3) is 0 Å². The third kappa shape index (κ3) is 4.15. The largest absolute Gasteiger partial charge is 0.480 e. The van der Waals surface area contributed by atoms with E-state index in [1.807, 2.05) is 0 Å². The van der Waals surface area contributed by atoms with E-state index in [0.29, 0.717) is 12.8 Å². The van der Waals surface area contributed by atoms with E-state index in [0.717, 1.165) is 4.31 Å². The Morgan fingerprint density at radius 1 is 1.37 bits per heavy atom. The van der Waals surface area contributed by atoms with Crippen LogP contribution in [-0.4, -0.2) is 56.0 Å². The highest BCUT2D eigenvalue weighted by Gasteiger charge is 2.32. The maximum atomic E-state index is 11.9. The van der Waals surface area contributed by atoms with Crippen LogP contribution in [-0.2, 0) is 24.5 Å². The van der Waals surface area contributed by atoms with E-state index in [9.17, 15) is 18.0 Å². The molecule has 1 aliphatic heterocycles. The van der Waals surface area contributed by atoms with E-state index in [1.54, 1.807) is 0 Å². The molecule has 0 radical (unpaired) electrons. The third-order valence-electron chi connectivity index (χ3n) is 3.02. The van der Waals surface area contributed by atoms with Crippen LogP contribution < -0.4 is 4.72 Å². The summed E-state index contributed by atoms with van der Waals surface area (Å²) in [7, 11) is -2.54. The average molecular weight is 294 g/mol. The van der Waals surface area contributed by atoms with Crippen LogP contribution in [0.2, 0.25) is 0 Å². The Bertz CT molecular complexity index is 441. The summed E-state index contributed by atoms with van der Waals surface area (Å²) in [5.41, 5.74) is 0. The second-order valence-electron chi connectivity index (χ2n) is 4.38. The maximum Gasteiger partial charge on any atom is 0.321 e. The normalized spacial score (nSPS) is 19.9. The Hall–Kier alpha value is -1.19. The minimum absolute atomic E-state index is 0.168. The topological polar surface area (TPSA) is 113 Å². The van der Waals surface area contributed by atoms with Gasteiger partial charge in [-0.05, 0) is 19.8 Å². The molecule has 0 bridgehead atoms. The molecule has 1 saturated heterocycles. The maximum absolute atomic E-state index is 11.9. The SMILES string of the molecule is COC(=O)C1CCN(S(=O)(=O)NC(C)C(=O)O)CC1. The fourth-order valence-electron chi connectivity index (χ4n) is 1.85. The number of ether oxygens (including phenoxy) is 1.